The molecular weight excluding hydrogens is 407 g/mol. The summed E-state index contributed by atoms with van der Waals surface area (Å²) in [7, 11) is 1.91. The van der Waals surface area contributed by atoms with Gasteiger partial charge in [0, 0.05) is 23.5 Å². The summed E-state index contributed by atoms with van der Waals surface area (Å²) in [6.45, 7) is 6.14. The molecule has 0 aliphatic rings. The molecule has 29 heavy (non-hydrogen) atoms. The molecule has 0 N–H and O–H groups in total. The van der Waals surface area contributed by atoms with Gasteiger partial charge in [-0.05, 0) is 45.0 Å². The molecule has 0 fully saturated rings. The molecular formula is C23H24Cl2N2O2. The summed E-state index contributed by atoms with van der Waals surface area (Å²) in [5.41, 5.74) is 1.31. The van der Waals surface area contributed by atoms with Gasteiger partial charge in [0.15, 0.2) is 0 Å². The quantitative estimate of drug-likeness (QED) is 0.364. The van der Waals surface area contributed by atoms with Gasteiger partial charge in [0.25, 0.3) is 0 Å². The van der Waals surface area contributed by atoms with Crippen molar-refractivity contribution in [1.29, 1.82) is 0 Å². The predicted octanol–water partition coefficient (Wildman–Crippen LogP) is 6.06. The highest BCUT2D eigenvalue weighted by Crippen LogP contribution is 2.30. The maximum absolute atomic E-state index is 13.0. The number of benzene rings is 2. The summed E-state index contributed by atoms with van der Waals surface area (Å²) in [5.74, 6) is -0.283. The van der Waals surface area contributed by atoms with Gasteiger partial charge >= 0.3 is 5.97 Å². The fraction of sp³-hybridized carbons (Fsp3) is 0.304. The Hall–Kier alpha value is -2.14. The smallest absolute Gasteiger partial charge is 0.328 e. The van der Waals surface area contributed by atoms with Crippen molar-refractivity contribution in [2.45, 2.75) is 39.0 Å². The second-order valence-corrected chi connectivity index (χ2v) is 8.80. The van der Waals surface area contributed by atoms with Crippen LogP contribution in [0.4, 0.5) is 0 Å². The standard InChI is InChI=1S/C23H24Cl2N2O2/c1-23(2,3)29-22(28)20(16-8-6-5-7-9-16)27(4)14-15-10-11-17-18(12-15)21(25)26-13-19(17)24/h5-13,20H,14H2,1-4H3. The molecule has 0 saturated carbocycles. The van der Waals surface area contributed by atoms with E-state index in [0.717, 1.165) is 21.9 Å². The van der Waals surface area contributed by atoms with Crippen LogP contribution in [0.5, 0.6) is 0 Å². The lowest BCUT2D eigenvalue weighted by Crippen LogP contribution is -2.36. The average Bonchev–Trinajstić information content (AvgIpc) is 2.64. The third-order valence-corrected chi connectivity index (χ3v) is 5.08. The van der Waals surface area contributed by atoms with Gasteiger partial charge in [-0.2, -0.15) is 0 Å². The molecule has 3 aromatic rings. The Labute approximate surface area is 181 Å². The number of carbonyl (C=O) groups is 1. The van der Waals surface area contributed by atoms with Crippen LogP contribution in [-0.2, 0) is 16.1 Å². The van der Waals surface area contributed by atoms with Crippen molar-refractivity contribution in [2.75, 3.05) is 7.05 Å². The van der Waals surface area contributed by atoms with E-state index in [1.54, 1.807) is 6.20 Å². The lowest BCUT2D eigenvalue weighted by molar-refractivity contribution is -0.161. The van der Waals surface area contributed by atoms with Crippen molar-refractivity contribution in [3.8, 4) is 0 Å². The molecule has 6 heteroatoms. The number of rotatable bonds is 5. The SMILES string of the molecule is CN(Cc1ccc2c(Cl)cnc(Cl)c2c1)C(C(=O)OC(C)(C)C)c1ccccc1. The minimum absolute atomic E-state index is 0.283. The number of aromatic nitrogens is 1. The van der Waals surface area contributed by atoms with Gasteiger partial charge in [0.1, 0.15) is 16.8 Å². The Morgan fingerprint density at radius 3 is 2.45 bits per heavy atom. The van der Waals surface area contributed by atoms with Crippen LogP contribution in [0.25, 0.3) is 10.8 Å². The second-order valence-electron chi connectivity index (χ2n) is 8.04. The monoisotopic (exact) mass is 430 g/mol. The first-order valence-electron chi connectivity index (χ1n) is 9.36. The first kappa shape index (κ1) is 21.6. The van der Waals surface area contributed by atoms with Crippen LogP contribution in [0.3, 0.4) is 0 Å². The van der Waals surface area contributed by atoms with Crippen molar-refractivity contribution >= 4 is 39.9 Å². The maximum Gasteiger partial charge on any atom is 0.328 e. The van der Waals surface area contributed by atoms with Crippen LogP contribution >= 0.6 is 23.2 Å². The van der Waals surface area contributed by atoms with Gasteiger partial charge in [-0.3, -0.25) is 4.90 Å². The number of fused-ring (bicyclic) bond motifs is 1. The number of hydrogen-bond acceptors (Lipinski definition) is 4. The van der Waals surface area contributed by atoms with E-state index in [9.17, 15) is 4.79 Å². The van der Waals surface area contributed by atoms with Gasteiger partial charge in [-0.1, -0.05) is 65.7 Å². The largest absolute Gasteiger partial charge is 0.459 e. The summed E-state index contributed by atoms with van der Waals surface area (Å²) < 4.78 is 5.69. The van der Waals surface area contributed by atoms with E-state index in [-0.39, 0.29) is 5.97 Å². The first-order chi connectivity index (χ1) is 13.7. The molecule has 152 valence electrons. The molecule has 0 aliphatic carbocycles. The van der Waals surface area contributed by atoms with Gasteiger partial charge < -0.3 is 4.74 Å². The second kappa shape index (κ2) is 8.70. The van der Waals surface area contributed by atoms with Gasteiger partial charge in [-0.25, -0.2) is 9.78 Å². The number of nitrogens with zero attached hydrogens (tertiary/aromatic N) is 2. The molecule has 1 heterocycles. The van der Waals surface area contributed by atoms with Gasteiger partial charge in [0.2, 0.25) is 0 Å². The van der Waals surface area contributed by atoms with E-state index in [2.05, 4.69) is 4.98 Å². The first-order valence-corrected chi connectivity index (χ1v) is 10.1. The van der Waals surface area contributed by atoms with Crippen molar-refractivity contribution in [3.63, 3.8) is 0 Å². The number of ether oxygens (including phenoxy) is 1. The van der Waals surface area contributed by atoms with E-state index >= 15 is 0 Å². The summed E-state index contributed by atoms with van der Waals surface area (Å²) in [5, 5.41) is 2.60. The zero-order valence-corrected chi connectivity index (χ0v) is 18.5. The average molecular weight is 431 g/mol. The Morgan fingerprint density at radius 2 is 1.79 bits per heavy atom. The third-order valence-electron chi connectivity index (χ3n) is 4.47. The highest BCUT2D eigenvalue weighted by atomic mass is 35.5. The van der Waals surface area contributed by atoms with Crippen LogP contribution in [0.1, 0.15) is 37.9 Å². The van der Waals surface area contributed by atoms with Crippen LogP contribution < -0.4 is 0 Å². The van der Waals surface area contributed by atoms with Crippen molar-refractivity contribution < 1.29 is 9.53 Å². The minimum Gasteiger partial charge on any atom is -0.459 e. The summed E-state index contributed by atoms with van der Waals surface area (Å²) in [4.78, 5) is 19.1. The van der Waals surface area contributed by atoms with E-state index in [1.807, 2.05) is 81.2 Å². The molecule has 1 atom stereocenters. The molecule has 4 nitrogen and oxygen atoms in total. The van der Waals surface area contributed by atoms with E-state index < -0.39 is 11.6 Å². The molecule has 1 aromatic heterocycles. The number of halogens is 2. The van der Waals surface area contributed by atoms with Crippen LogP contribution in [0.2, 0.25) is 10.2 Å². The Bertz CT molecular complexity index is 1020. The number of carbonyl (C=O) groups excluding carboxylic acids is 1. The number of likely N-dealkylation sites (N-methyl/N-ethyl adjacent to an activating group) is 1. The Balaban J connectivity index is 1.92. The summed E-state index contributed by atoms with van der Waals surface area (Å²) in [6.07, 6.45) is 1.55. The molecule has 3 rings (SSSR count). The summed E-state index contributed by atoms with van der Waals surface area (Å²) in [6, 6.07) is 15.0. The highest BCUT2D eigenvalue weighted by Gasteiger charge is 2.30. The van der Waals surface area contributed by atoms with Crippen LogP contribution in [0, 0.1) is 0 Å². The highest BCUT2D eigenvalue weighted by molar-refractivity contribution is 6.39. The zero-order chi connectivity index (χ0) is 21.2. The fourth-order valence-corrected chi connectivity index (χ4v) is 3.68. The lowest BCUT2D eigenvalue weighted by atomic mass is 10.0. The lowest BCUT2D eigenvalue weighted by Gasteiger charge is -2.30. The Morgan fingerprint density at radius 1 is 1.10 bits per heavy atom. The van der Waals surface area contributed by atoms with Crippen molar-refractivity contribution in [2.24, 2.45) is 0 Å². The van der Waals surface area contributed by atoms with E-state index in [4.69, 9.17) is 27.9 Å². The maximum atomic E-state index is 13.0. The van der Waals surface area contributed by atoms with Gasteiger partial charge in [-0.15, -0.1) is 0 Å². The number of hydrogen-bond donors (Lipinski definition) is 0. The molecule has 2 aromatic carbocycles. The molecule has 0 radical (unpaired) electrons. The predicted molar refractivity (Wildman–Crippen MR) is 118 cm³/mol. The zero-order valence-electron chi connectivity index (χ0n) is 16.9. The molecule has 0 bridgehead atoms. The Kier molecular flexibility index (Phi) is 6.47. The number of pyridine rings is 1. The third kappa shape index (κ3) is 5.27. The summed E-state index contributed by atoms with van der Waals surface area (Å²) >= 11 is 12.5. The molecule has 0 amide bonds. The number of esters is 1. The van der Waals surface area contributed by atoms with Crippen LogP contribution in [0.15, 0.2) is 54.7 Å². The fourth-order valence-electron chi connectivity index (χ4n) is 3.26. The van der Waals surface area contributed by atoms with Crippen molar-refractivity contribution in [3.05, 3.63) is 76.0 Å². The minimum atomic E-state index is -0.566. The van der Waals surface area contributed by atoms with E-state index in [1.165, 1.54) is 0 Å². The van der Waals surface area contributed by atoms with Crippen LogP contribution in [-0.4, -0.2) is 28.5 Å². The molecule has 0 saturated heterocycles. The molecule has 1 unspecified atom stereocenters. The van der Waals surface area contributed by atoms with Gasteiger partial charge in [0.05, 0.1) is 5.02 Å². The van der Waals surface area contributed by atoms with E-state index in [0.29, 0.717) is 16.7 Å². The van der Waals surface area contributed by atoms with Crippen molar-refractivity contribution in [1.82, 2.24) is 9.88 Å². The normalized spacial score (nSPS) is 12.9. The molecule has 0 aliphatic heterocycles. The molecule has 0 spiro atoms. The topological polar surface area (TPSA) is 42.4 Å².